The van der Waals surface area contributed by atoms with E-state index in [-0.39, 0.29) is 18.5 Å². The van der Waals surface area contributed by atoms with Gasteiger partial charge in [-0.1, -0.05) is 17.2 Å². The molecule has 0 aliphatic carbocycles. The van der Waals surface area contributed by atoms with Gasteiger partial charge in [-0.2, -0.15) is 0 Å². The number of amides is 1. The fourth-order valence-corrected chi connectivity index (χ4v) is 2.24. The fraction of sp³-hybridized carbons (Fsp3) is 0.0667. The second-order valence-corrected chi connectivity index (χ2v) is 4.86. The predicted molar refractivity (Wildman–Crippen MR) is 81.1 cm³/mol. The Labute approximate surface area is 133 Å². The maximum atomic E-state index is 12.1. The molecule has 9 nitrogen and oxygen atoms in total. The number of carbonyl (C=O) groups is 1. The highest BCUT2D eigenvalue weighted by atomic mass is 16.4. The summed E-state index contributed by atoms with van der Waals surface area (Å²) in [5.41, 5.74) is 0.938. The van der Waals surface area contributed by atoms with E-state index in [2.05, 4.69) is 15.5 Å². The largest absolute Gasteiger partial charge is 0.459 e. The highest BCUT2D eigenvalue weighted by Crippen LogP contribution is 2.20. The van der Waals surface area contributed by atoms with Crippen molar-refractivity contribution in [1.82, 2.24) is 14.8 Å². The van der Waals surface area contributed by atoms with Gasteiger partial charge in [-0.25, -0.2) is 4.79 Å². The number of oxazole rings is 1. The average molecular weight is 326 g/mol. The van der Waals surface area contributed by atoms with Crippen LogP contribution in [0.25, 0.3) is 22.8 Å². The molecule has 4 rings (SSSR count). The molecule has 120 valence electrons. The Morgan fingerprint density at radius 1 is 1.12 bits per heavy atom. The van der Waals surface area contributed by atoms with Crippen LogP contribution in [0.3, 0.4) is 0 Å². The van der Waals surface area contributed by atoms with Crippen molar-refractivity contribution in [3.8, 4) is 11.7 Å². The number of para-hydroxylation sites is 2. The highest BCUT2D eigenvalue weighted by Gasteiger charge is 2.16. The van der Waals surface area contributed by atoms with Crippen LogP contribution >= 0.6 is 0 Å². The van der Waals surface area contributed by atoms with Crippen LogP contribution in [-0.2, 0) is 11.3 Å². The van der Waals surface area contributed by atoms with Crippen LogP contribution in [0.15, 0.2) is 60.7 Å². The lowest BCUT2D eigenvalue weighted by molar-refractivity contribution is -0.116. The predicted octanol–water partition coefficient (Wildman–Crippen LogP) is 1.88. The Morgan fingerprint density at radius 3 is 2.83 bits per heavy atom. The first-order valence-corrected chi connectivity index (χ1v) is 6.96. The Bertz CT molecular complexity index is 1060. The molecule has 0 aliphatic heterocycles. The Kier molecular flexibility index (Phi) is 3.23. The molecular formula is C15H10N4O5. The molecule has 0 spiro atoms. The van der Waals surface area contributed by atoms with Crippen LogP contribution in [0.4, 0.5) is 6.01 Å². The molecule has 1 aromatic carbocycles. The van der Waals surface area contributed by atoms with Crippen molar-refractivity contribution in [1.29, 1.82) is 0 Å². The number of hydrogen-bond donors (Lipinski definition) is 1. The molecule has 0 unspecified atom stereocenters. The second-order valence-electron chi connectivity index (χ2n) is 4.86. The minimum Gasteiger partial charge on any atom is -0.459 e. The molecule has 0 bridgehead atoms. The zero-order valence-corrected chi connectivity index (χ0v) is 12.1. The Morgan fingerprint density at radius 2 is 2.00 bits per heavy atom. The summed E-state index contributed by atoms with van der Waals surface area (Å²) in [7, 11) is 0. The van der Waals surface area contributed by atoms with Crippen LogP contribution in [0.1, 0.15) is 0 Å². The van der Waals surface area contributed by atoms with Gasteiger partial charge in [-0.3, -0.25) is 14.7 Å². The summed E-state index contributed by atoms with van der Waals surface area (Å²) in [4.78, 5) is 23.9. The van der Waals surface area contributed by atoms with Gasteiger partial charge in [0.25, 0.3) is 5.89 Å². The summed E-state index contributed by atoms with van der Waals surface area (Å²) in [6.45, 7) is -0.242. The molecule has 0 saturated carbocycles. The number of aromatic nitrogens is 3. The number of anilines is 1. The molecule has 3 aromatic heterocycles. The third-order valence-electron chi connectivity index (χ3n) is 3.28. The van der Waals surface area contributed by atoms with Crippen LogP contribution in [0.2, 0.25) is 0 Å². The topological polar surface area (TPSA) is 116 Å². The Balaban J connectivity index is 1.52. The van der Waals surface area contributed by atoms with Gasteiger partial charge in [0, 0.05) is 0 Å². The molecule has 1 N–H and O–H groups in total. The molecule has 1 amide bonds. The number of nitrogens with zero attached hydrogens (tertiary/aromatic N) is 3. The minimum atomic E-state index is -0.617. The van der Waals surface area contributed by atoms with Gasteiger partial charge in [0.2, 0.25) is 5.91 Å². The van der Waals surface area contributed by atoms with Crippen molar-refractivity contribution in [3.05, 3.63) is 53.2 Å². The van der Waals surface area contributed by atoms with E-state index in [1.54, 1.807) is 36.4 Å². The normalized spacial score (nSPS) is 11.0. The summed E-state index contributed by atoms with van der Waals surface area (Å²) in [5, 5.41) is 9.90. The first-order chi connectivity index (χ1) is 11.7. The SMILES string of the molecule is O=C(Cn1c(=O)oc2ccccc21)Nc1nnc(-c2ccco2)o1. The maximum Gasteiger partial charge on any atom is 0.420 e. The molecule has 0 radical (unpaired) electrons. The van der Waals surface area contributed by atoms with Crippen molar-refractivity contribution >= 4 is 23.0 Å². The molecule has 4 aromatic rings. The molecule has 24 heavy (non-hydrogen) atoms. The van der Waals surface area contributed by atoms with E-state index in [1.807, 2.05) is 0 Å². The fourth-order valence-electron chi connectivity index (χ4n) is 2.24. The van der Waals surface area contributed by atoms with E-state index in [4.69, 9.17) is 13.3 Å². The summed E-state index contributed by atoms with van der Waals surface area (Å²) in [6, 6.07) is 10.1. The lowest BCUT2D eigenvalue weighted by Crippen LogP contribution is -2.24. The zero-order chi connectivity index (χ0) is 16.5. The van der Waals surface area contributed by atoms with Crippen LogP contribution in [0, 0.1) is 0 Å². The third-order valence-corrected chi connectivity index (χ3v) is 3.28. The molecule has 0 fully saturated rings. The summed E-state index contributed by atoms with van der Waals surface area (Å²) in [6.07, 6.45) is 1.47. The molecule has 0 aliphatic rings. The lowest BCUT2D eigenvalue weighted by atomic mass is 10.3. The highest BCUT2D eigenvalue weighted by molar-refractivity contribution is 5.89. The number of nitrogens with one attached hydrogen (secondary N) is 1. The summed E-state index contributed by atoms with van der Waals surface area (Å²) < 4.78 is 16.7. The number of fused-ring (bicyclic) bond motifs is 1. The summed E-state index contributed by atoms with van der Waals surface area (Å²) in [5.74, 6) is -0.590. The number of furan rings is 1. The third kappa shape index (κ3) is 2.47. The quantitative estimate of drug-likeness (QED) is 0.608. The molecule has 3 heterocycles. The number of rotatable bonds is 4. The van der Waals surface area contributed by atoms with Crippen LogP contribution < -0.4 is 11.1 Å². The minimum absolute atomic E-state index is 0.0905. The average Bonchev–Trinajstić information content (AvgIpc) is 3.28. The van der Waals surface area contributed by atoms with Gasteiger partial charge in [0.05, 0.1) is 11.8 Å². The molecule has 9 heteroatoms. The van der Waals surface area contributed by atoms with E-state index < -0.39 is 11.7 Å². The van der Waals surface area contributed by atoms with Crippen molar-refractivity contribution in [2.75, 3.05) is 5.32 Å². The van der Waals surface area contributed by atoms with E-state index in [0.717, 1.165) is 0 Å². The van der Waals surface area contributed by atoms with Crippen molar-refractivity contribution in [3.63, 3.8) is 0 Å². The van der Waals surface area contributed by atoms with Gasteiger partial charge >= 0.3 is 11.8 Å². The number of carbonyl (C=O) groups excluding carboxylic acids is 1. The van der Waals surface area contributed by atoms with Crippen molar-refractivity contribution in [2.24, 2.45) is 0 Å². The zero-order valence-electron chi connectivity index (χ0n) is 12.1. The molecule has 0 saturated heterocycles. The maximum absolute atomic E-state index is 12.1. The first kappa shape index (κ1) is 14.0. The van der Waals surface area contributed by atoms with Gasteiger partial charge in [0.15, 0.2) is 11.3 Å². The smallest absolute Gasteiger partial charge is 0.420 e. The van der Waals surface area contributed by atoms with E-state index in [1.165, 1.54) is 10.8 Å². The standard InChI is InChI=1S/C15H10N4O5/c20-12(8-19-9-4-1-2-5-10(9)23-15(19)21)16-14-18-17-13(24-14)11-6-3-7-22-11/h1-7H,8H2,(H,16,18,20). The van der Waals surface area contributed by atoms with Crippen LogP contribution in [0.5, 0.6) is 0 Å². The van der Waals surface area contributed by atoms with Crippen molar-refractivity contribution in [2.45, 2.75) is 6.54 Å². The van der Waals surface area contributed by atoms with E-state index in [9.17, 15) is 9.59 Å². The number of hydrogen-bond acceptors (Lipinski definition) is 7. The molecule has 0 atom stereocenters. The monoisotopic (exact) mass is 326 g/mol. The Hall–Kier alpha value is -3.62. The van der Waals surface area contributed by atoms with E-state index >= 15 is 0 Å². The first-order valence-electron chi connectivity index (χ1n) is 6.96. The second kappa shape index (κ2) is 5.54. The summed E-state index contributed by atoms with van der Waals surface area (Å²) >= 11 is 0. The van der Waals surface area contributed by atoms with E-state index in [0.29, 0.717) is 16.9 Å². The van der Waals surface area contributed by atoms with Crippen molar-refractivity contribution < 1.29 is 18.0 Å². The lowest BCUT2D eigenvalue weighted by Gasteiger charge is -2.01. The molecular weight excluding hydrogens is 316 g/mol. The van der Waals surface area contributed by atoms with Gasteiger partial charge in [-0.15, -0.1) is 5.10 Å². The van der Waals surface area contributed by atoms with Gasteiger partial charge in [0.1, 0.15) is 6.54 Å². The van der Waals surface area contributed by atoms with Crippen LogP contribution in [-0.4, -0.2) is 20.7 Å². The van der Waals surface area contributed by atoms with Gasteiger partial charge < -0.3 is 13.3 Å². The van der Waals surface area contributed by atoms with Gasteiger partial charge in [-0.05, 0) is 24.3 Å². The number of benzene rings is 1.